The van der Waals surface area contributed by atoms with Crippen molar-refractivity contribution in [1.82, 2.24) is 0 Å². The van der Waals surface area contributed by atoms with E-state index in [9.17, 15) is 0 Å². The monoisotopic (exact) mass is 359 g/mol. The van der Waals surface area contributed by atoms with Crippen molar-refractivity contribution >= 4 is 28.9 Å². The first kappa shape index (κ1) is 16.5. The second kappa shape index (κ2) is 7.04. The Balaban J connectivity index is 2.02. The molecule has 3 aromatic rings. The summed E-state index contributed by atoms with van der Waals surface area (Å²) in [6, 6.07) is 18.6. The Morgan fingerprint density at radius 2 is 1.54 bits per heavy atom. The Hall–Kier alpha value is -2.36. The Kier molecular flexibility index (Phi) is 4.84. The number of methoxy groups -OCH3 is 1. The lowest BCUT2D eigenvalue weighted by atomic mass is 10.0. The molecule has 5 heteroatoms. The van der Waals surface area contributed by atoms with E-state index in [1.165, 1.54) is 0 Å². The van der Waals surface area contributed by atoms with Gasteiger partial charge in [-0.05, 0) is 35.9 Å². The smallest absolute Gasteiger partial charge is 0.164 e. The van der Waals surface area contributed by atoms with Gasteiger partial charge in [0.1, 0.15) is 11.5 Å². The Morgan fingerprint density at radius 1 is 0.875 bits per heavy atom. The largest absolute Gasteiger partial charge is 0.496 e. The van der Waals surface area contributed by atoms with Gasteiger partial charge in [-0.3, -0.25) is 0 Å². The maximum Gasteiger partial charge on any atom is 0.164 e. The highest BCUT2D eigenvalue weighted by Crippen LogP contribution is 2.40. The molecular formula is C19H15Cl2NO2. The molecule has 0 bridgehead atoms. The Bertz CT molecular complexity index is 843. The number of ether oxygens (including phenoxy) is 2. The van der Waals surface area contributed by atoms with Crippen LogP contribution in [0.15, 0.2) is 60.7 Å². The molecule has 0 spiro atoms. The van der Waals surface area contributed by atoms with E-state index in [1.807, 2.05) is 42.5 Å². The van der Waals surface area contributed by atoms with Gasteiger partial charge in [0.05, 0.1) is 17.2 Å². The maximum atomic E-state index is 6.19. The van der Waals surface area contributed by atoms with Gasteiger partial charge in [-0.25, -0.2) is 0 Å². The number of rotatable bonds is 4. The fourth-order valence-electron chi connectivity index (χ4n) is 2.39. The first-order valence-electron chi connectivity index (χ1n) is 7.24. The number of anilines is 1. The fourth-order valence-corrected chi connectivity index (χ4v) is 2.97. The van der Waals surface area contributed by atoms with Crippen LogP contribution in [0.1, 0.15) is 0 Å². The van der Waals surface area contributed by atoms with Crippen LogP contribution in [0, 0.1) is 0 Å². The molecule has 0 radical (unpaired) electrons. The first-order chi connectivity index (χ1) is 11.6. The maximum absolute atomic E-state index is 6.19. The highest BCUT2D eigenvalue weighted by atomic mass is 35.5. The van der Waals surface area contributed by atoms with E-state index in [-0.39, 0.29) is 0 Å². The van der Waals surface area contributed by atoms with E-state index in [0.717, 1.165) is 16.9 Å². The second-order valence-electron chi connectivity index (χ2n) is 5.14. The third-order valence-corrected chi connectivity index (χ3v) is 4.06. The van der Waals surface area contributed by atoms with Crippen LogP contribution in [0.25, 0.3) is 11.1 Å². The molecule has 0 aliphatic heterocycles. The van der Waals surface area contributed by atoms with Crippen LogP contribution >= 0.6 is 23.2 Å². The summed E-state index contributed by atoms with van der Waals surface area (Å²) in [6.07, 6.45) is 0. The highest BCUT2D eigenvalue weighted by molar-refractivity contribution is 6.37. The normalized spacial score (nSPS) is 10.5. The number of hydrogen-bond acceptors (Lipinski definition) is 3. The second-order valence-corrected chi connectivity index (χ2v) is 5.96. The summed E-state index contributed by atoms with van der Waals surface area (Å²) in [4.78, 5) is 0. The summed E-state index contributed by atoms with van der Waals surface area (Å²) in [6.45, 7) is 0. The van der Waals surface area contributed by atoms with E-state index in [4.69, 9.17) is 38.4 Å². The summed E-state index contributed by atoms with van der Waals surface area (Å²) < 4.78 is 11.3. The van der Waals surface area contributed by atoms with Crippen molar-refractivity contribution in [2.45, 2.75) is 0 Å². The van der Waals surface area contributed by atoms with Crippen LogP contribution in [0.3, 0.4) is 0 Å². The number of hydrogen-bond donors (Lipinski definition) is 1. The van der Waals surface area contributed by atoms with Crippen LogP contribution in [0.5, 0.6) is 17.2 Å². The van der Waals surface area contributed by atoms with Crippen LogP contribution in [-0.2, 0) is 0 Å². The van der Waals surface area contributed by atoms with Crippen LogP contribution in [0.2, 0.25) is 10.0 Å². The van der Waals surface area contributed by atoms with Gasteiger partial charge in [0.25, 0.3) is 0 Å². The van der Waals surface area contributed by atoms with E-state index >= 15 is 0 Å². The van der Waals surface area contributed by atoms with Crippen LogP contribution < -0.4 is 15.2 Å². The van der Waals surface area contributed by atoms with Crippen LogP contribution in [-0.4, -0.2) is 7.11 Å². The predicted molar refractivity (Wildman–Crippen MR) is 99.4 cm³/mol. The van der Waals surface area contributed by atoms with E-state index < -0.39 is 0 Å². The predicted octanol–water partition coefficient (Wildman–Crippen LogP) is 6.04. The molecule has 3 rings (SSSR count). The van der Waals surface area contributed by atoms with E-state index in [0.29, 0.717) is 27.2 Å². The minimum Gasteiger partial charge on any atom is -0.496 e. The Morgan fingerprint density at radius 3 is 2.17 bits per heavy atom. The minimum atomic E-state index is 0.358. The van der Waals surface area contributed by atoms with Crippen molar-refractivity contribution in [2.24, 2.45) is 0 Å². The molecule has 0 aliphatic carbocycles. The third-order valence-electron chi connectivity index (χ3n) is 3.50. The molecule has 0 aromatic heterocycles. The summed E-state index contributed by atoms with van der Waals surface area (Å²) >= 11 is 12.4. The number of nitrogens with two attached hydrogens (primary N) is 1. The minimum absolute atomic E-state index is 0.358. The third kappa shape index (κ3) is 3.42. The van der Waals surface area contributed by atoms with Crippen molar-refractivity contribution in [3.05, 3.63) is 70.7 Å². The highest BCUT2D eigenvalue weighted by Gasteiger charge is 2.12. The zero-order valence-electron chi connectivity index (χ0n) is 12.9. The molecule has 3 nitrogen and oxygen atoms in total. The molecule has 24 heavy (non-hydrogen) atoms. The average molecular weight is 360 g/mol. The van der Waals surface area contributed by atoms with Crippen molar-refractivity contribution in [3.8, 4) is 28.4 Å². The molecule has 0 unspecified atom stereocenters. The van der Waals surface area contributed by atoms with Gasteiger partial charge in [0.15, 0.2) is 5.75 Å². The van der Waals surface area contributed by atoms with Crippen molar-refractivity contribution in [2.75, 3.05) is 12.8 Å². The van der Waals surface area contributed by atoms with Gasteiger partial charge in [-0.1, -0.05) is 53.5 Å². The number of benzene rings is 3. The van der Waals surface area contributed by atoms with Gasteiger partial charge in [0.2, 0.25) is 0 Å². The molecule has 0 fully saturated rings. The molecule has 0 atom stereocenters. The van der Waals surface area contributed by atoms with Gasteiger partial charge in [-0.2, -0.15) is 0 Å². The van der Waals surface area contributed by atoms with Gasteiger partial charge in [-0.15, -0.1) is 0 Å². The van der Waals surface area contributed by atoms with Crippen molar-refractivity contribution < 1.29 is 9.47 Å². The van der Waals surface area contributed by atoms with E-state index in [2.05, 4.69) is 0 Å². The summed E-state index contributed by atoms with van der Waals surface area (Å²) in [5.74, 6) is 1.72. The zero-order valence-corrected chi connectivity index (χ0v) is 14.4. The van der Waals surface area contributed by atoms with Crippen molar-refractivity contribution in [1.29, 1.82) is 0 Å². The topological polar surface area (TPSA) is 44.5 Å². The molecule has 0 amide bonds. The molecular weight excluding hydrogens is 345 g/mol. The lowest BCUT2D eigenvalue weighted by Crippen LogP contribution is -1.92. The summed E-state index contributed by atoms with van der Waals surface area (Å²) in [5, 5.41) is 0.717. The van der Waals surface area contributed by atoms with Gasteiger partial charge < -0.3 is 15.2 Å². The van der Waals surface area contributed by atoms with Gasteiger partial charge in [0, 0.05) is 11.3 Å². The van der Waals surface area contributed by atoms with E-state index in [1.54, 1.807) is 25.3 Å². The van der Waals surface area contributed by atoms with Crippen LogP contribution in [0.4, 0.5) is 5.69 Å². The molecule has 0 saturated heterocycles. The molecule has 3 aromatic carbocycles. The molecule has 0 aliphatic rings. The summed E-state index contributed by atoms with van der Waals surface area (Å²) in [5.41, 5.74) is 8.14. The lowest BCUT2D eigenvalue weighted by Gasteiger charge is -2.14. The standard InChI is InChI=1S/C19H15Cl2NO2/c1-23-18-8-7-14(11-15(18)12-5-3-2-4-6-12)24-19-16(20)9-13(22)10-17(19)21/h2-11H,22H2,1H3. The first-order valence-corrected chi connectivity index (χ1v) is 8.00. The molecule has 0 saturated carbocycles. The fraction of sp³-hybridized carbons (Fsp3) is 0.0526. The van der Waals surface area contributed by atoms with Gasteiger partial charge >= 0.3 is 0 Å². The number of halogens is 2. The molecule has 122 valence electrons. The zero-order chi connectivity index (χ0) is 17.1. The lowest BCUT2D eigenvalue weighted by molar-refractivity contribution is 0.414. The SMILES string of the molecule is COc1ccc(Oc2c(Cl)cc(N)cc2Cl)cc1-c1ccccc1. The molecule has 2 N–H and O–H groups in total. The average Bonchev–Trinajstić information content (AvgIpc) is 2.58. The number of nitrogen functional groups attached to an aromatic ring is 1. The van der Waals surface area contributed by atoms with Crippen molar-refractivity contribution in [3.63, 3.8) is 0 Å². The Labute approximate surface area is 150 Å². The quantitative estimate of drug-likeness (QED) is 0.577. The molecule has 0 heterocycles. The summed E-state index contributed by atoms with van der Waals surface area (Å²) in [7, 11) is 1.63.